The number of carbonyl (C=O) groups is 1. The third kappa shape index (κ3) is 6.49. The van der Waals surface area contributed by atoms with E-state index in [1.165, 1.54) is 0 Å². The number of hydrazine groups is 1. The summed E-state index contributed by atoms with van der Waals surface area (Å²) in [5.41, 5.74) is 8.41. The molecule has 7 heteroatoms. The lowest BCUT2D eigenvalue weighted by Crippen LogP contribution is -2.48. The molecule has 0 spiro atoms. The molecule has 0 heterocycles. The van der Waals surface area contributed by atoms with Crippen molar-refractivity contribution in [3.63, 3.8) is 0 Å². The second-order valence-corrected chi connectivity index (χ2v) is 6.79. The molecule has 0 saturated carbocycles. The first-order valence-corrected chi connectivity index (χ1v) is 9.79. The third-order valence-corrected chi connectivity index (χ3v) is 4.51. The molecule has 1 amide bonds. The third-order valence-electron chi connectivity index (χ3n) is 4.26. The molecule has 0 fully saturated rings. The summed E-state index contributed by atoms with van der Waals surface area (Å²) in [4.78, 5) is 12.0. The molecule has 3 aromatic carbocycles. The molecule has 0 aliphatic carbocycles. The monoisotopic (exact) mass is 421 g/mol. The maximum Gasteiger partial charge on any atom is 0.276 e. The fourth-order valence-electron chi connectivity index (χ4n) is 2.66. The molecule has 3 aromatic rings. The molecule has 6 nitrogen and oxygen atoms in total. The van der Waals surface area contributed by atoms with E-state index in [0.717, 1.165) is 22.4 Å². The first-order chi connectivity index (χ1) is 14.6. The van der Waals surface area contributed by atoms with Crippen LogP contribution in [0.4, 0.5) is 0 Å². The molecule has 3 N–H and O–H groups in total. The van der Waals surface area contributed by atoms with Crippen LogP contribution in [0, 0.1) is 0 Å². The van der Waals surface area contributed by atoms with Gasteiger partial charge >= 0.3 is 0 Å². The van der Waals surface area contributed by atoms with Crippen LogP contribution >= 0.6 is 12.2 Å². The Morgan fingerprint density at radius 2 is 1.47 bits per heavy atom. The number of amides is 1. The summed E-state index contributed by atoms with van der Waals surface area (Å²) in [5, 5.41) is 3.32. The number of benzene rings is 3. The van der Waals surface area contributed by atoms with Crippen molar-refractivity contribution in [2.75, 3.05) is 13.7 Å². The predicted octanol–water partition coefficient (Wildman–Crippen LogP) is 3.44. The van der Waals surface area contributed by atoms with Gasteiger partial charge in [0.05, 0.1) is 7.11 Å². The van der Waals surface area contributed by atoms with Crippen LogP contribution in [0.5, 0.6) is 11.5 Å². The zero-order valence-electron chi connectivity index (χ0n) is 16.6. The zero-order chi connectivity index (χ0) is 21.2. The Labute approximate surface area is 181 Å². The van der Waals surface area contributed by atoms with E-state index in [2.05, 4.69) is 16.2 Å². The summed E-state index contributed by atoms with van der Waals surface area (Å²) in [6.07, 6.45) is 0. The molecule has 0 aromatic heterocycles. The van der Waals surface area contributed by atoms with Gasteiger partial charge in [-0.1, -0.05) is 54.6 Å². The van der Waals surface area contributed by atoms with Gasteiger partial charge in [0.25, 0.3) is 5.91 Å². The summed E-state index contributed by atoms with van der Waals surface area (Å²) >= 11 is 5.16. The molecule has 30 heavy (non-hydrogen) atoms. The van der Waals surface area contributed by atoms with Gasteiger partial charge in [0.15, 0.2) is 11.7 Å². The topological polar surface area (TPSA) is 71.6 Å². The number of methoxy groups -OCH3 is 1. The molecular weight excluding hydrogens is 398 g/mol. The van der Waals surface area contributed by atoms with Gasteiger partial charge in [-0.15, -0.1) is 0 Å². The van der Waals surface area contributed by atoms with Crippen LogP contribution in [0.2, 0.25) is 0 Å². The highest BCUT2D eigenvalue weighted by Gasteiger charge is 2.05. The number of rotatable bonds is 7. The van der Waals surface area contributed by atoms with Gasteiger partial charge in [-0.3, -0.25) is 15.6 Å². The quantitative estimate of drug-likeness (QED) is 0.401. The Bertz CT molecular complexity index is 961. The minimum atomic E-state index is -0.337. The molecule has 3 rings (SSSR count). The van der Waals surface area contributed by atoms with Gasteiger partial charge in [0, 0.05) is 6.54 Å². The van der Waals surface area contributed by atoms with E-state index >= 15 is 0 Å². The van der Waals surface area contributed by atoms with E-state index in [1.54, 1.807) is 7.11 Å². The summed E-state index contributed by atoms with van der Waals surface area (Å²) in [5.74, 6) is 1.07. The lowest BCUT2D eigenvalue weighted by molar-refractivity contribution is -0.123. The zero-order valence-corrected chi connectivity index (χ0v) is 17.4. The van der Waals surface area contributed by atoms with Gasteiger partial charge in [-0.05, 0) is 53.2 Å². The van der Waals surface area contributed by atoms with Gasteiger partial charge in [0.2, 0.25) is 0 Å². The van der Waals surface area contributed by atoms with E-state index in [1.807, 2.05) is 78.9 Å². The van der Waals surface area contributed by atoms with Crippen molar-refractivity contribution in [2.24, 2.45) is 0 Å². The van der Waals surface area contributed by atoms with Crippen molar-refractivity contribution >= 4 is 23.2 Å². The van der Waals surface area contributed by atoms with E-state index in [9.17, 15) is 4.79 Å². The fraction of sp³-hybridized carbons (Fsp3) is 0.130. The van der Waals surface area contributed by atoms with Crippen molar-refractivity contribution in [2.45, 2.75) is 6.54 Å². The van der Waals surface area contributed by atoms with Crippen molar-refractivity contribution in [3.05, 3.63) is 84.4 Å². The van der Waals surface area contributed by atoms with Gasteiger partial charge in [-0.2, -0.15) is 0 Å². The predicted molar refractivity (Wildman–Crippen MR) is 121 cm³/mol. The van der Waals surface area contributed by atoms with Crippen LogP contribution in [-0.4, -0.2) is 24.7 Å². The smallest absolute Gasteiger partial charge is 0.276 e. The average Bonchev–Trinajstić information content (AvgIpc) is 2.81. The van der Waals surface area contributed by atoms with Crippen LogP contribution in [0.25, 0.3) is 11.1 Å². The Kier molecular flexibility index (Phi) is 7.63. The summed E-state index contributed by atoms with van der Waals surface area (Å²) in [6.45, 7) is 0.398. The standard InChI is InChI=1S/C23H23N3O3S/c1-28-20-11-7-17(8-12-20)15-24-23(30)26-25-22(27)16-29-21-13-9-19(10-14-21)18-5-3-2-4-6-18/h2-14H,15-16H2,1H3,(H,25,27)(H2,24,26,30). The largest absolute Gasteiger partial charge is 0.497 e. The molecule has 0 saturated heterocycles. The van der Waals surface area contributed by atoms with Crippen LogP contribution in [-0.2, 0) is 11.3 Å². The van der Waals surface area contributed by atoms with E-state index in [4.69, 9.17) is 21.7 Å². The number of carbonyl (C=O) groups excluding carboxylic acids is 1. The maximum atomic E-state index is 12.0. The molecule has 0 atom stereocenters. The first kappa shape index (κ1) is 21.1. The van der Waals surface area contributed by atoms with Crippen LogP contribution < -0.4 is 25.6 Å². The van der Waals surface area contributed by atoms with Crippen molar-refractivity contribution < 1.29 is 14.3 Å². The van der Waals surface area contributed by atoms with Crippen molar-refractivity contribution in [1.82, 2.24) is 16.2 Å². The number of thiocarbonyl (C=S) groups is 1. The van der Waals surface area contributed by atoms with E-state index in [-0.39, 0.29) is 12.5 Å². The molecule has 154 valence electrons. The second-order valence-electron chi connectivity index (χ2n) is 6.38. The summed E-state index contributed by atoms with van der Waals surface area (Å²) < 4.78 is 10.6. The van der Waals surface area contributed by atoms with Crippen LogP contribution in [0.3, 0.4) is 0 Å². The maximum absolute atomic E-state index is 12.0. The Morgan fingerprint density at radius 3 is 2.13 bits per heavy atom. The second kappa shape index (κ2) is 10.8. The molecule has 0 unspecified atom stereocenters. The van der Waals surface area contributed by atoms with Crippen molar-refractivity contribution in [1.29, 1.82) is 0 Å². The Balaban J connectivity index is 1.36. The van der Waals surface area contributed by atoms with Crippen LogP contribution in [0.1, 0.15) is 5.56 Å². The fourth-order valence-corrected chi connectivity index (χ4v) is 2.78. The molecule has 0 aliphatic heterocycles. The minimum absolute atomic E-state index is 0.126. The SMILES string of the molecule is COc1ccc(CNC(=S)NNC(=O)COc2ccc(-c3ccccc3)cc2)cc1. The number of ether oxygens (including phenoxy) is 2. The van der Waals surface area contributed by atoms with Gasteiger partial charge in [-0.25, -0.2) is 0 Å². The van der Waals surface area contributed by atoms with Crippen LogP contribution in [0.15, 0.2) is 78.9 Å². The normalized spacial score (nSPS) is 10.0. The highest BCUT2D eigenvalue weighted by molar-refractivity contribution is 7.80. The molecule has 0 radical (unpaired) electrons. The molecular formula is C23H23N3O3S. The number of nitrogens with one attached hydrogen (secondary N) is 3. The Hall–Kier alpha value is -3.58. The van der Waals surface area contributed by atoms with Gasteiger partial charge < -0.3 is 14.8 Å². The summed E-state index contributed by atoms with van der Waals surface area (Å²) in [7, 11) is 1.62. The molecule has 0 aliphatic rings. The van der Waals surface area contributed by atoms with Crippen molar-refractivity contribution in [3.8, 4) is 22.6 Å². The lowest BCUT2D eigenvalue weighted by atomic mass is 10.1. The highest BCUT2D eigenvalue weighted by atomic mass is 32.1. The van der Waals surface area contributed by atoms with Gasteiger partial charge in [0.1, 0.15) is 11.5 Å². The molecule has 0 bridgehead atoms. The summed E-state index contributed by atoms with van der Waals surface area (Å²) in [6, 6.07) is 25.3. The number of hydrogen-bond acceptors (Lipinski definition) is 4. The minimum Gasteiger partial charge on any atom is -0.497 e. The first-order valence-electron chi connectivity index (χ1n) is 9.38. The highest BCUT2D eigenvalue weighted by Crippen LogP contribution is 2.21. The number of hydrogen-bond donors (Lipinski definition) is 3. The average molecular weight is 422 g/mol. The lowest BCUT2D eigenvalue weighted by Gasteiger charge is -2.12. The Morgan fingerprint density at radius 1 is 0.833 bits per heavy atom. The van der Waals surface area contributed by atoms with E-state index < -0.39 is 0 Å². The van der Waals surface area contributed by atoms with E-state index in [0.29, 0.717) is 17.4 Å².